The quantitative estimate of drug-likeness (QED) is 0.537. The molecule has 0 saturated carbocycles. The van der Waals surface area contributed by atoms with Crippen molar-refractivity contribution in [1.29, 1.82) is 0 Å². The lowest BCUT2D eigenvalue weighted by Crippen LogP contribution is -2.47. The molecule has 0 aliphatic heterocycles. The van der Waals surface area contributed by atoms with Crippen LogP contribution in [0.25, 0.3) is 0 Å². The minimum Gasteiger partial charge on any atom is -0.150 e. The van der Waals surface area contributed by atoms with E-state index in [-0.39, 0.29) is 21.9 Å². The predicted octanol–water partition coefficient (Wildman–Crippen LogP) is 3.39. The number of nitroso groups, excluding NO2 is 1. The second-order valence-electron chi connectivity index (χ2n) is 7.46. The summed E-state index contributed by atoms with van der Waals surface area (Å²) in [6.07, 6.45) is 0. The molecule has 0 bridgehead atoms. The summed E-state index contributed by atoms with van der Waals surface area (Å²) < 4.78 is 0. The number of hydrogen-bond donors (Lipinski definition) is 0. The fourth-order valence-electron chi connectivity index (χ4n) is 1.92. The van der Waals surface area contributed by atoms with Crippen molar-refractivity contribution in [1.82, 2.24) is 0 Å². The summed E-state index contributed by atoms with van der Waals surface area (Å²) in [6, 6.07) is -0.132. The first-order valence-corrected chi connectivity index (χ1v) is 7.21. The van der Waals surface area contributed by atoms with Gasteiger partial charge in [-0.25, -0.2) is 0 Å². The molecular formula is C13H29NOSi. The molecule has 0 amide bonds. The molecule has 0 aliphatic carbocycles. The molecule has 0 aliphatic rings. The van der Waals surface area contributed by atoms with Crippen molar-refractivity contribution in [3.05, 3.63) is 4.91 Å². The van der Waals surface area contributed by atoms with Crippen molar-refractivity contribution in [2.45, 2.75) is 66.5 Å². The normalized spacial score (nSPS) is 16.6. The van der Waals surface area contributed by atoms with Crippen LogP contribution in [0.5, 0.6) is 0 Å². The highest BCUT2D eigenvalue weighted by Crippen LogP contribution is 2.52. The Kier molecular flexibility index (Phi) is 4.54. The Hall–Kier alpha value is -0.183. The van der Waals surface area contributed by atoms with Gasteiger partial charge in [0.05, 0.1) is 0 Å². The highest BCUT2D eigenvalue weighted by molar-refractivity contribution is 6.15. The van der Waals surface area contributed by atoms with Crippen LogP contribution in [0.1, 0.15) is 55.4 Å². The molecule has 1 atom stereocenters. The van der Waals surface area contributed by atoms with E-state index in [2.05, 4.69) is 60.6 Å². The lowest BCUT2D eigenvalue weighted by atomic mass is 9.61. The van der Waals surface area contributed by atoms with Gasteiger partial charge in [-0.2, -0.15) is 4.91 Å². The summed E-state index contributed by atoms with van der Waals surface area (Å²) in [6.45, 7) is 17.5. The molecule has 0 aromatic carbocycles. The highest BCUT2D eigenvalue weighted by atomic mass is 28.1. The van der Waals surface area contributed by atoms with Crippen LogP contribution in [0.4, 0.5) is 0 Å². The van der Waals surface area contributed by atoms with Gasteiger partial charge >= 0.3 is 0 Å². The van der Waals surface area contributed by atoms with E-state index in [0.717, 1.165) is 10.2 Å². The minimum atomic E-state index is -0.132. The predicted molar refractivity (Wildman–Crippen MR) is 76.0 cm³/mol. The molecule has 0 radical (unpaired) electrons. The van der Waals surface area contributed by atoms with Gasteiger partial charge in [-0.05, 0) is 21.8 Å². The first-order valence-electron chi connectivity index (χ1n) is 6.21. The van der Waals surface area contributed by atoms with Gasteiger partial charge in [0, 0.05) is 10.2 Å². The zero-order valence-corrected chi connectivity index (χ0v) is 14.5. The Bertz CT molecular complexity index is 251. The molecule has 0 fully saturated rings. The zero-order chi connectivity index (χ0) is 13.4. The zero-order valence-electron chi connectivity index (χ0n) is 12.5. The summed E-state index contributed by atoms with van der Waals surface area (Å²) >= 11 is 0. The molecule has 16 heavy (non-hydrogen) atoms. The highest BCUT2D eigenvalue weighted by Gasteiger charge is 2.49. The van der Waals surface area contributed by atoms with E-state index in [1.54, 1.807) is 0 Å². The first kappa shape index (κ1) is 15.8. The van der Waals surface area contributed by atoms with Gasteiger partial charge in [-0.1, -0.05) is 60.6 Å². The molecule has 2 nitrogen and oxygen atoms in total. The summed E-state index contributed by atoms with van der Waals surface area (Å²) in [7, 11) is 1.07. The van der Waals surface area contributed by atoms with E-state index in [1.807, 2.05) is 0 Å². The van der Waals surface area contributed by atoms with Crippen molar-refractivity contribution >= 4 is 10.2 Å². The van der Waals surface area contributed by atoms with Crippen LogP contribution in [0.2, 0.25) is 5.04 Å². The van der Waals surface area contributed by atoms with Gasteiger partial charge in [0.15, 0.2) is 0 Å². The van der Waals surface area contributed by atoms with E-state index >= 15 is 0 Å². The molecule has 0 spiro atoms. The van der Waals surface area contributed by atoms with E-state index in [1.165, 1.54) is 0 Å². The molecule has 3 heteroatoms. The Morgan fingerprint density at radius 3 is 1.56 bits per heavy atom. The van der Waals surface area contributed by atoms with E-state index in [9.17, 15) is 4.91 Å². The van der Waals surface area contributed by atoms with Gasteiger partial charge in [0.1, 0.15) is 6.04 Å². The van der Waals surface area contributed by atoms with E-state index in [0.29, 0.717) is 5.92 Å². The minimum absolute atomic E-state index is 0.0469. The molecule has 0 rings (SSSR count). The second-order valence-corrected chi connectivity index (χ2v) is 9.96. The average molecular weight is 243 g/mol. The van der Waals surface area contributed by atoms with Gasteiger partial charge in [-0.3, -0.25) is 0 Å². The summed E-state index contributed by atoms with van der Waals surface area (Å²) in [5.41, 5.74) is -0.0956. The van der Waals surface area contributed by atoms with Crippen LogP contribution in [0.15, 0.2) is 5.18 Å². The number of rotatable bonds is 5. The Morgan fingerprint density at radius 1 is 1.00 bits per heavy atom. The molecule has 0 heterocycles. The maximum absolute atomic E-state index is 11.3. The molecule has 0 N–H and O–H groups in total. The van der Waals surface area contributed by atoms with E-state index in [4.69, 9.17) is 0 Å². The fraction of sp³-hybridized carbons (Fsp3) is 1.00. The Morgan fingerprint density at radius 2 is 1.38 bits per heavy atom. The van der Waals surface area contributed by atoms with Crippen LogP contribution in [0.3, 0.4) is 0 Å². The average Bonchev–Trinajstić information content (AvgIpc) is 2.01. The van der Waals surface area contributed by atoms with Crippen LogP contribution in [-0.2, 0) is 0 Å². The van der Waals surface area contributed by atoms with Gasteiger partial charge < -0.3 is 0 Å². The monoisotopic (exact) mass is 243 g/mol. The molecule has 1 unspecified atom stereocenters. The largest absolute Gasteiger partial charge is 0.150 e. The van der Waals surface area contributed by atoms with Crippen molar-refractivity contribution in [3.63, 3.8) is 0 Å². The lowest BCUT2D eigenvalue weighted by molar-refractivity contribution is 0.0726. The Balaban J connectivity index is 5.39. The summed E-state index contributed by atoms with van der Waals surface area (Å²) in [5, 5.41) is 3.70. The van der Waals surface area contributed by atoms with Crippen molar-refractivity contribution in [2.24, 2.45) is 21.9 Å². The third kappa shape index (κ3) is 2.73. The van der Waals surface area contributed by atoms with Crippen LogP contribution in [0, 0.1) is 21.7 Å². The lowest BCUT2D eigenvalue weighted by Gasteiger charge is -2.49. The van der Waals surface area contributed by atoms with Gasteiger partial charge in [-0.15, -0.1) is 0 Å². The maximum atomic E-state index is 11.3. The Labute approximate surface area is 104 Å². The van der Waals surface area contributed by atoms with Gasteiger partial charge in [0.25, 0.3) is 0 Å². The van der Waals surface area contributed by atoms with Crippen LogP contribution < -0.4 is 0 Å². The third-order valence-corrected chi connectivity index (χ3v) is 6.20. The summed E-state index contributed by atoms with van der Waals surface area (Å²) in [4.78, 5) is 11.3. The van der Waals surface area contributed by atoms with Gasteiger partial charge in [0.2, 0.25) is 0 Å². The number of hydrogen-bond acceptors (Lipinski definition) is 2. The second kappa shape index (κ2) is 4.59. The van der Waals surface area contributed by atoms with Crippen molar-refractivity contribution in [2.75, 3.05) is 0 Å². The van der Waals surface area contributed by atoms with Crippen molar-refractivity contribution in [3.8, 4) is 0 Å². The topological polar surface area (TPSA) is 29.4 Å². The smallest absolute Gasteiger partial charge is 0.103 e. The van der Waals surface area contributed by atoms with Crippen LogP contribution >= 0.6 is 0 Å². The molecule has 0 saturated heterocycles. The molecular weight excluding hydrogens is 214 g/mol. The fourth-order valence-corrected chi connectivity index (χ4v) is 2.20. The van der Waals surface area contributed by atoms with E-state index < -0.39 is 0 Å². The molecule has 96 valence electrons. The number of nitrogens with zero attached hydrogens (tertiary/aromatic N) is 1. The third-order valence-electron chi connectivity index (χ3n) is 4.91. The van der Waals surface area contributed by atoms with Crippen molar-refractivity contribution < 1.29 is 0 Å². The van der Waals surface area contributed by atoms with Crippen LogP contribution in [-0.4, -0.2) is 16.3 Å². The SMILES string of the molecule is CC(C)C(C)(C)C(N=O)C(C)(C)C(C)(C)[SiH3]. The summed E-state index contributed by atoms with van der Waals surface area (Å²) in [5.74, 6) is 0.457. The molecule has 0 aromatic heterocycles. The maximum Gasteiger partial charge on any atom is 0.103 e. The first-order chi connectivity index (χ1) is 6.89. The molecule has 0 aromatic rings. The standard InChI is InChI=1S/C13H29NOSi/c1-9(2)11(3,4)10(14-15)12(5,6)13(7,8)16/h9-10H,1-8,16H3.